The van der Waals surface area contributed by atoms with E-state index in [2.05, 4.69) is 26.9 Å². The van der Waals surface area contributed by atoms with E-state index < -0.39 is 0 Å². The Morgan fingerprint density at radius 3 is 2.49 bits per heavy atom. The molecule has 2 heterocycles. The number of nitrogens with zero attached hydrogens (tertiary/aromatic N) is 4. The van der Waals surface area contributed by atoms with Crippen molar-refractivity contribution in [1.82, 2.24) is 9.55 Å². The maximum atomic E-state index is 11.8. The van der Waals surface area contributed by atoms with Crippen LogP contribution in [-0.2, 0) is 9.53 Å². The third kappa shape index (κ3) is 6.76. The Morgan fingerprint density at radius 1 is 1.14 bits per heavy atom. The Bertz CT molecular complexity index is 1140. The van der Waals surface area contributed by atoms with Crippen LogP contribution < -0.4 is 16.4 Å². The van der Waals surface area contributed by atoms with Gasteiger partial charge in [-0.05, 0) is 70.7 Å². The number of carbonyl (C=O) groups excluding carboxylic acids is 1. The largest absolute Gasteiger partial charge is 0.381 e. The summed E-state index contributed by atoms with van der Waals surface area (Å²) in [6.45, 7) is 7.07. The average Bonchev–Trinajstić information content (AvgIpc) is 3.00. The predicted octanol–water partition coefficient (Wildman–Crippen LogP) is 6.15. The number of amides is 1. The summed E-state index contributed by atoms with van der Waals surface area (Å²) < 4.78 is 7.64. The summed E-state index contributed by atoms with van der Waals surface area (Å²) >= 11 is 19.0. The number of carbonyl (C=O) groups is 1. The molecule has 200 valence electrons. The lowest BCUT2D eigenvalue weighted by Crippen LogP contribution is -2.29. The maximum Gasteiger partial charge on any atom is 0.223 e. The molecule has 12 heteroatoms. The van der Waals surface area contributed by atoms with Crippen molar-refractivity contribution < 1.29 is 9.53 Å². The van der Waals surface area contributed by atoms with Crippen LogP contribution in [0.1, 0.15) is 56.7 Å². The number of ether oxygens (including phenoxy) is 1. The third-order valence-corrected chi connectivity index (χ3v) is 7.71. The minimum atomic E-state index is -0.255. The first kappa shape index (κ1) is 27.7. The van der Waals surface area contributed by atoms with Crippen LogP contribution in [0.2, 0.25) is 15.1 Å². The van der Waals surface area contributed by atoms with E-state index in [0.29, 0.717) is 52.1 Å². The fraction of sp³-hybridized carbons (Fsp3) is 0.520. The van der Waals surface area contributed by atoms with Gasteiger partial charge in [-0.3, -0.25) is 9.36 Å². The van der Waals surface area contributed by atoms with Crippen LogP contribution in [-0.4, -0.2) is 47.4 Å². The number of anilines is 3. The highest BCUT2D eigenvalue weighted by molar-refractivity contribution is 6.41. The first-order valence-electron chi connectivity index (χ1n) is 12.5. The van der Waals surface area contributed by atoms with Crippen molar-refractivity contribution in [3.05, 3.63) is 32.9 Å². The van der Waals surface area contributed by atoms with Crippen molar-refractivity contribution in [2.75, 3.05) is 23.8 Å². The summed E-state index contributed by atoms with van der Waals surface area (Å²) in [6.07, 6.45) is 5.61. The van der Waals surface area contributed by atoms with Crippen LogP contribution in [0.5, 0.6) is 0 Å². The number of aliphatic imine (C=N–C) groups is 2. The second-order valence-corrected chi connectivity index (χ2v) is 10.7. The fourth-order valence-corrected chi connectivity index (χ4v) is 5.85. The van der Waals surface area contributed by atoms with E-state index in [-0.39, 0.29) is 23.9 Å². The molecule has 1 aromatic heterocycles. The van der Waals surface area contributed by atoms with E-state index in [4.69, 9.17) is 55.2 Å². The van der Waals surface area contributed by atoms with Crippen LogP contribution in [0, 0.1) is 12.8 Å². The lowest BCUT2D eigenvalue weighted by atomic mass is 9.85. The molecule has 0 spiro atoms. The second kappa shape index (κ2) is 12.5. The number of benzene rings is 1. The zero-order valence-corrected chi connectivity index (χ0v) is 23.0. The van der Waals surface area contributed by atoms with Gasteiger partial charge in [-0.25, -0.2) is 15.0 Å². The Balaban J connectivity index is 1.69. The summed E-state index contributed by atoms with van der Waals surface area (Å²) in [4.78, 5) is 25.6. The zero-order chi connectivity index (χ0) is 26.5. The molecule has 2 fully saturated rings. The highest BCUT2D eigenvalue weighted by Gasteiger charge is 2.30. The van der Waals surface area contributed by atoms with Gasteiger partial charge in [0, 0.05) is 30.2 Å². The minimum Gasteiger partial charge on any atom is -0.381 e. The molecule has 1 atom stereocenters. The number of hydrogen-bond acceptors (Lipinski definition) is 5. The smallest absolute Gasteiger partial charge is 0.223 e. The molecule has 1 aliphatic carbocycles. The highest BCUT2D eigenvalue weighted by Crippen LogP contribution is 2.41. The second-order valence-electron chi connectivity index (χ2n) is 9.45. The Morgan fingerprint density at radius 2 is 1.84 bits per heavy atom. The van der Waals surface area contributed by atoms with Crippen molar-refractivity contribution >= 4 is 70.8 Å². The van der Waals surface area contributed by atoms with Gasteiger partial charge in [-0.15, -0.1) is 0 Å². The van der Waals surface area contributed by atoms with Gasteiger partial charge in [0.2, 0.25) is 17.8 Å². The molecular weight excluding hydrogens is 537 g/mol. The number of halogens is 3. The molecule has 9 nitrogen and oxygen atoms in total. The molecule has 1 amide bonds. The first-order valence-corrected chi connectivity index (χ1v) is 13.6. The Kier molecular flexibility index (Phi) is 9.34. The topological polar surface area (TPSA) is 119 Å². The van der Waals surface area contributed by atoms with E-state index >= 15 is 0 Å². The SMILES string of the molecule is C=NC(=NC1CCCOCC1)Nc1c(C)nc(Nc2c(Cl)cc(Cl)cc2Cl)n1C1CCC(C(N)=O)CC1. The Hall–Kier alpha value is -2.33. The molecule has 2 aliphatic rings. The molecule has 0 bridgehead atoms. The van der Waals surface area contributed by atoms with E-state index in [1.165, 1.54) is 0 Å². The van der Waals surface area contributed by atoms with E-state index in [1.807, 2.05) is 6.92 Å². The van der Waals surface area contributed by atoms with Crippen molar-refractivity contribution in [1.29, 1.82) is 0 Å². The van der Waals surface area contributed by atoms with Crippen molar-refractivity contribution in [3.8, 4) is 0 Å². The molecule has 1 aromatic carbocycles. The zero-order valence-electron chi connectivity index (χ0n) is 20.8. The van der Waals surface area contributed by atoms with Crippen molar-refractivity contribution in [3.63, 3.8) is 0 Å². The predicted molar refractivity (Wildman–Crippen MR) is 151 cm³/mol. The molecule has 1 aliphatic heterocycles. The van der Waals surface area contributed by atoms with Crippen LogP contribution in [0.15, 0.2) is 22.1 Å². The van der Waals surface area contributed by atoms with Gasteiger partial charge in [-0.1, -0.05) is 34.8 Å². The molecular formula is C25H32Cl3N7O2. The third-order valence-electron chi connectivity index (χ3n) is 6.90. The van der Waals surface area contributed by atoms with Crippen LogP contribution in [0.25, 0.3) is 0 Å². The van der Waals surface area contributed by atoms with E-state index in [9.17, 15) is 4.79 Å². The number of rotatable bonds is 6. The number of aryl methyl sites for hydroxylation is 1. The lowest BCUT2D eigenvalue weighted by molar-refractivity contribution is -0.122. The summed E-state index contributed by atoms with van der Waals surface area (Å²) in [7, 11) is 0. The van der Waals surface area contributed by atoms with Crippen LogP contribution >= 0.6 is 34.8 Å². The summed E-state index contributed by atoms with van der Waals surface area (Å²) in [5, 5.41) is 7.87. The number of guanidine groups is 1. The number of imidazole rings is 1. The van der Waals surface area contributed by atoms with Gasteiger partial charge >= 0.3 is 0 Å². The summed E-state index contributed by atoms with van der Waals surface area (Å²) in [5.41, 5.74) is 6.82. The maximum absolute atomic E-state index is 11.8. The quantitative estimate of drug-likeness (QED) is 0.285. The average molecular weight is 569 g/mol. The molecule has 1 saturated carbocycles. The highest BCUT2D eigenvalue weighted by atomic mass is 35.5. The number of primary amides is 1. The monoisotopic (exact) mass is 567 g/mol. The van der Waals surface area contributed by atoms with Crippen molar-refractivity contribution in [2.24, 2.45) is 21.6 Å². The molecule has 1 unspecified atom stereocenters. The van der Waals surface area contributed by atoms with Gasteiger partial charge in [-0.2, -0.15) is 0 Å². The molecule has 37 heavy (non-hydrogen) atoms. The van der Waals surface area contributed by atoms with Gasteiger partial charge in [0.05, 0.1) is 27.5 Å². The Labute approximate surface area is 231 Å². The van der Waals surface area contributed by atoms with Crippen LogP contribution in [0.3, 0.4) is 0 Å². The van der Waals surface area contributed by atoms with E-state index in [1.54, 1.807) is 12.1 Å². The summed E-state index contributed by atoms with van der Waals surface area (Å²) in [6, 6.07) is 3.39. The molecule has 0 radical (unpaired) electrons. The number of nitrogens with one attached hydrogen (secondary N) is 2. The van der Waals surface area contributed by atoms with Crippen LogP contribution in [0.4, 0.5) is 17.5 Å². The lowest BCUT2D eigenvalue weighted by Gasteiger charge is -2.30. The van der Waals surface area contributed by atoms with Gasteiger partial charge in [0.15, 0.2) is 0 Å². The number of nitrogens with two attached hydrogens (primary N) is 1. The number of aromatic nitrogens is 2. The van der Waals surface area contributed by atoms with Gasteiger partial charge in [0.25, 0.3) is 0 Å². The summed E-state index contributed by atoms with van der Waals surface area (Å²) in [5.74, 6) is 1.34. The molecule has 1 saturated heterocycles. The molecule has 4 N–H and O–H groups in total. The molecule has 2 aromatic rings. The number of hydrogen-bond donors (Lipinski definition) is 3. The normalized spacial score (nSPS) is 22.8. The van der Waals surface area contributed by atoms with E-state index in [0.717, 1.165) is 50.2 Å². The fourth-order valence-electron chi connectivity index (χ4n) is 4.94. The van der Waals surface area contributed by atoms with Gasteiger partial charge in [0.1, 0.15) is 5.82 Å². The van der Waals surface area contributed by atoms with Gasteiger partial charge < -0.3 is 21.1 Å². The molecule has 4 rings (SSSR count). The van der Waals surface area contributed by atoms with Crippen molar-refractivity contribution in [2.45, 2.75) is 64.0 Å². The standard InChI is InChI=1S/C25H32Cl3N7O2/c1-14-23(34-24(30-2)32-17-4-3-10-37-11-9-17)35(18-7-5-15(6-8-18)22(29)36)25(31-14)33-21-19(27)12-16(26)13-20(21)28/h12-13,15,17-18H,2-11H2,1H3,(H2,29,36)(H,31,33)(H,32,34). The first-order chi connectivity index (χ1) is 17.8. The minimum absolute atomic E-state index is 0.0454.